The summed E-state index contributed by atoms with van der Waals surface area (Å²) in [4.78, 5) is 66.0. The second-order valence-electron chi connectivity index (χ2n) is 15.3. The van der Waals surface area contributed by atoms with Crippen LogP contribution in [-0.4, -0.2) is 70.6 Å². The first kappa shape index (κ1) is 41.0. The van der Waals surface area contributed by atoms with Crippen LogP contribution in [-0.2, 0) is 36.9 Å². The number of aliphatic hydroxyl groups excluding tert-OH is 1. The number of amides is 5. The molecule has 3 rings (SSSR count). The summed E-state index contributed by atoms with van der Waals surface area (Å²) in [6, 6.07) is 15.0. The highest BCUT2D eigenvalue weighted by molar-refractivity contribution is 5.92. The van der Waals surface area contributed by atoms with Crippen molar-refractivity contribution in [3.63, 3.8) is 0 Å². The molecule has 280 valence electrons. The highest BCUT2D eigenvalue weighted by atomic mass is 16.5. The molecule has 1 aliphatic carbocycles. The summed E-state index contributed by atoms with van der Waals surface area (Å²) in [5, 5.41) is 25.3. The monoisotopic (exact) mass is 707 g/mol. The topological polar surface area (TPSA) is 175 Å². The van der Waals surface area contributed by atoms with Crippen LogP contribution in [0.5, 0.6) is 0 Å². The molecule has 0 saturated heterocycles. The molecular formula is C39H57N5O7. The van der Waals surface area contributed by atoms with Crippen molar-refractivity contribution in [3.8, 4) is 0 Å². The van der Waals surface area contributed by atoms with E-state index in [9.17, 15) is 29.1 Å². The number of hydrogen-bond acceptors (Lipinski definition) is 7. The molecule has 2 aromatic rings. The molecule has 0 spiro atoms. The van der Waals surface area contributed by atoms with E-state index in [-0.39, 0.29) is 43.1 Å². The molecule has 12 nitrogen and oxygen atoms in total. The Labute approximate surface area is 302 Å². The van der Waals surface area contributed by atoms with Crippen LogP contribution >= 0.6 is 0 Å². The van der Waals surface area contributed by atoms with Crippen LogP contribution in [0.3, 0.4) is 0 Å². The van der Waals surface area contributed by atoms with Crippen molar-refractivity contribution >= 4 is 29.7 Å². The lowest BCUT2D eigenvalue weighted by Gasteiger charge is -2.28. The molecule has 1 fully saturated rings. The Morgan fingerprint density at radius 3 is 1.96 bits per heavy atom. The molecular weight excluding hydrogens is 650 g/mol. The van der Waals surface area contributed by atoms with Crippen LogP contribution in [0.4, 0.5) is 4.79 Å². The fraction of sp³-hybridized carbons (Fsp3) is 0.564. The highest BCUT2D eigenvalue weighted by Gasteiger charge is 2.39. The van der Waals surface area contributed by atoms with Gasteiger partial charge in [0.15, 0.2) is 0 Å². The average Bonchev–Trinajstić information content (AvgIpc) is 3.39. The minimum Gasteiger partial charge on any atom is -0.445 e. The Hall–Kier alpha value is -4.45. The van der Waals surface area contributed by atoms with E-state index in [0.29, 0.717) is 19.3 Å². The minimum atomic E-state index is -1.02. The maximum atomic E-state index is 13.8. The first-order chi connectivity index (χ1) is 24.0. The van der Waals surface area contributed by atoms with Gasteiger partial charge in [-0.15, -0.1) is 0 Å². The molecule has 12 heteroatoms. The maximum absolute atomic E-state index is 13.8. The van der Waals surface area contributed by atoms with Crippen molar-refractivity contribution in [1.29, 1.82) is 0 Å². The minimum absolute atomic E-state index is 0.00276. The number of carbonyl (C=O) groups excluding carboxylic acids is 5. The molecule has 3 unspecified atom stereocenters. The number of carbonyl (C=O) groups is 5. The zero-order valence-corrected chi connectivity index (χ0v) is 31.0. The van der Waals surface area contributed by atoms with E-state index < -0.39 is 59.6 Å². The lowest BCUT2D eigenvalue weighted by Crippen LogP contribution is -2.57. The molecule has 0 radical (unpaired) electrons. The molecule has 1 saturated carbocycles. The number of ether oxygens (including phenoxy) is 1. The number of nitrogens with one attached hydrogen (secondary N) is 5. The Morgan fingerprint density at radius 1 is 0.784 bits per heavy atom. The van der Waals surface area contributed by atoms with E-state index in [1.54, 1.807) is 13.8 Å². The second-order valence-corrected chi connectivity index (χ2v) is 15.3. The largest absolute Gasteiger partial charge is 0.445 e. The standard InChI is InChI=1S/C39H57N5O7/c1-24(2)20-30(36(48)44-39(5,6)7)40-32(45)22-28-18-19-29(34(28)46)41-35(47)31(21-26-14-10-8-11-15-26)42-37(49)33(25(3)4)43-38(50)51-23-27-16-12-9-13-17-27/h8-17,24-25,28-31,33-34,46H,18-23H2,1-7H3,(H,40,45)(H,41,47)(H,42,49)(H,43,50)(H,44,48)/t28?,29?,30-,31-,33-,34?/m0/s1. The third-order valence-corrected chi connectivity index (χ3v) is 8.73. The van der Waals surface area contributed by atoms with E-state index in [0.717, 1.165) is 11.1 Å². The summed E-state index contributed by atoms with van der Waals surface area (Å²) < 4.78 is 5.33. The molecule has 6 atom stereocenters. The molecule has 0 aliphatic heterocycles. The van der Waals surface area contributed by atoms with Crippen molar-refractivity contribution in [2.75, 3.05) is 0 Å². The van der Waals surface area contributed by atoms with E-state index in [2.05, 4.69) is 26.6 Å². The third-order valence-electron chi connectivity index (χ3n) is 8.73. The summed E-state index contributed by atoms with van der Waals surface area (Å²) in [5.41, 5.74) is 1.15. The van der Waals surface area contributed by atoms with E-state index in [1.165, 1.54) is 0 Å². The predicted molar refractivity (Wildman–Crippen MR) is 195 cm³/mol. The van der Waals surface area contributed by atoms with Crippen LogP contribution in [0.15, 0.2) is 60.7 Å². The number of hydrogen-bond donors (Lipinski definition) is 6. The lowest BCUT2D eigenvalue weighted by atomic mass is 9.98. The Morgan fingerprint density at radius 2 is 1.39 bits per heavy atom. The molecule has 0 bridgehead atoms. The lowest BCUT2D eigenvalue weighted by molar-refractivity contribution is -0.131. The van der Waals surface area contributed by atoms with Gasteiger partial charge in [0.25, 0.3) is 0 Å². The van der Waals surface area contributed by atoms with Crippen molar-refractivity contribution in [3.05, 3.63) is 71.8 Å². The van der Waals surface area contributed by atoms with Crippen molar-refractivity contribution in [1.82, 2.24) is 26.6 Å². The van der Waals surface area contributed by atoms with Gasteiger partial charge in [-0.25, -0.2) is 4.79 Å². The quantitative estimate of drug-likeness (QED) is 0.154. The van der Waals surface area contributed by atoms with Crippen LogP contribution < -0.4 is 26.6 Å². The summed E-state index contributed by atoms with van der Waals surface area (Å²) in [6.45, 7) is 13.2. The normalized spacial score (nSPS) is 19.1. The van der Waals surface area contributed by atoms with Gasteiger partial charge in [0.05, 0.1) is 12.1 Å². The Bertz CT molecular complexity index is 1440. The van der Waals surface area contributed by atoms with Crippen LogP contribution in [0.25, 0.3) is 0 Å². The van der Waals surface area contributed by atoms with Crippen LogP contribution in [0, 0.1) is 17.8 Å². The second kappa shape index (κ2) is 19.2. The number of benzene rings is 2. The molecule has 1 aliphatic rings. The van der Waals surface area contributed by atoms with Gasteiger partial charge in [-0.1, -0.05) is 88.4 Å². The fourth-order valence-corrected chi connectivity index (χ4v) is 6.13. The molecule has 51 heavy (non-hydrogen) atoms. The molecule has 6 N–H and O–H groups in total. The average molecular weight is 708 g/mol. The zero-order chi connectivity index (χ0) is 37.7. The van der Waals surface area contributed by atoms with Crippen molar-refractivity contribution in [2.24, 2.45) is 17.8 Å². The summed E-state index contributed by atoms with van der Waals surface area (Å²) in [6.07, 6.45) is -0.212. The fourth-order valence-electron chi connectivity index (χ4n) is 6.13. The molecule has 0 aromatic heterocycles. The number of alkyl carbamates (subject to hydrolysis) is 1. The van der Waals surface area contributed by atoms with E-state index >= 15 is 0 Å². The number of rotatable bonds is 16. The smallest absolute Gasteiger partial charge is 0.408 e. The molecule has 5 amide bonds. The van der Waals surface area contributed by atoms with E-state index in [4.69, 9.17) is 4.74 Å². The Balaban J connectivity index is 1.64. The van der Waals surface area contributed by atoms with Crippen molar-refractivity contribution < 1.29 is 33.8 Å². The first-order valence-corrected chi connectivity index (χ1v) is 17.9. The maximum Gasteiger partial charge on any atom is 0.408 e. The number of aliphatic hydroxyl groups is 1. The van der Waals surface area contributed by atoms with Gasteiger partial charge in [0.1, 0.15) is 24.7 Å². The van der Waals surface area contributed by atoms with Gasteiger partial charge in [-0.3, -0.25) is 19.2 Å². The summed E-state index contributed by atoms with van der Waals surface area (Å²) in [5.74, 6) is -2.23. The summed E-state index contributed by atoms with van der Waals surface area (Å²) >= 11 is 0. The third kappa shape index (κ3) is 14.0. The zero-order valence-electron chi connectivity index (χ0n) is 31.0. The predicted octanol–water partition coefficient (Wildman–Crippen LogP) is 3.76. The first-order valence-electron chi connectivity index (χ1n) is 17.9. The van der Waals surface area contributed by atoms with Gasteiger partial charge < -0.3 is 36.4 Å². The van der Waals surface area contributed by atoms with Crippen LogP contribution in [0.1, 0.15) is 85.3 Å². The summed E-state index contributed by atoms with van der Waals surface area (Å²) in [7, 11) is 0. The van der Waals surface area contributed by atoms with Gasteiger partial charge in [-0.05, 0) is 68.9 Å². The van der Waals surface area contributed by atoms with Gasteiger partial charge >= 0.3 is 6.09 Å². The Kier molecular flexibility index (Phi) is 15.5. The molecule has 2 aromatic carbocycles. The van der Waals surface area contributed by atoms with Gasteiger partial charge in [0, 0.05) is 18.4 Å². The SMILES string of the molecule is CC(C)C[C@H](NC(=O)CC1CCC(NC(=O)[C@H](Cc2ccccc2)NC(=O)[C@@H](NC(=O)OCc2ccccc2)C(C)C)C1O)C(=O)NC(C)(C)C. The van der Waals surface area contributed by atoms with Crippen molar-refractivity contribution in [2.45, 2.75) is 123 Å². The van der Waals surface area contributed by atoms with Gasteiger partial charge in [0.2, 0.25) is 23.6 Å². The molecule has 0 heterocycles. The highest BCUT2D eigenvalue weighted by Crippen LogP contribution is 2.29. The van der Waals surface area contributed by atoms with Gasteiger partial charge in [-0.2, -0.15) is 0 Å². The van der Waals surface area contributed by atoms with Crippen LogP contribution in [0.2, 0.25) is 0 Å². The van der Waals surface area contributed by atoms with E-state index in [1.807, 2.05) is 95.3 Å².